The van der Waals surface area contributed by atoms with Crippen molar-refractivity contribution in [2.24, 2.45) is 0 Å². The van der Waals surface area contributed by atoms with Gasteiger partial charge in [0.05, 0.1) is 19.9 Å². The Balaban J connectivity index is 1.61. The van der Waals surface area contributed by atoms with E-state index in [1.54, 1.807) is 37.3 Å². The van der Waals surface area contributed by atoms with Crippen LogP contribution in [0.5, 0.6) is 11.5 Å². The lowest BCUT2D eigenvalue weighted by atomic mass is 10.2. The van der Waals surface area contributed by atoms with Gasteiger partial charge >= 0.3 is 6.03 Å². The summed E-state index contributed by atoms with van der Waals surface area (Å²) in [6.07, 6.45) is 0. The average Bonchev–Trinajstić information content (AvgIpc) is 2.74. The fourth-order valence-corrected chi connectivity index (χ4v) is 3.22. The molecule has 0 saturated carbocycles. The number of piperazine rings is 1. The summed E-state index contributed by atoms with van der Waals surface area (Å²) in [6, 6.07) is 7.11. The highest BCUT2D eigenvalue weighted by Gasteiger charge is 2.23. The largest absolute Gasteiger partial charge is 0.497 e. The molecule has 1 aliphatic rings. The van der Waals surface area contributed by atoms with Crippen LogP contribution in [0.15, 0.2) is 24.3 Å². The highest BCUT2D eigenvalue weighted by Crippen LogP contribution is 2.29. The molecule has 2 aromatic rings. The first-order chi connectivity index (χ1) is 14.0. The van der Waals surface area contributed by atoms with Crippen molar-refractivity contribution in [3.63, 3.8) is 0 Å². The normalized spacial score (nSPS) is 13.8. The van der Waals surface area contributed by atoms with Gasteiger partial charge in [-0.05, 0) is 26.0 Å². The number of ether oxygens (including phenoxy) is 2. The third kappa shape index (κ3) is 4.98. The number of nitrogens with zero attached hydrogens (tertiary/aromatic N) is 4. The summed E-state index contributed by atoms with van der Waals surface area (Å²) in [4.78, 5) is 25.6. The zero-order chi connectivity index (χ0) is 20.8. The molecule has 0 atom stereocenters. The molecule has 0 unspecified atom stereocenters. The van der Waals surface area contributed by atoms with Crippen molar-refractivity contribution in [1.29, 1.82) is 0 Å². The third-order valence-corrected chi connectivity index (χ3v) is 4.72. The van der Waals surface area contributed by atoms with Crippen LogP contribution in [0.1, 0.15) is 12.7 Å². The summed E-state index contributed by atoms with van der Waals surface area (Å²) >= 11 is 0. The van der Waals surface area contributed by atoms with Crippen molar-refractivity contribution in [2.45, 2.75) is 13.8 Å². The molecule has 0 aliphatic carbocycles. The number of aromatic nitrogens is 2. The van der Waals surface area contributed by atoms with E-state index in [0.29, 0.717) is 43.4 Å². The number of amides is 2. The Labute approximate surface area is 171 Å². The van der Waals surface area contributed by atoms with E-state index >= 15 is 0 Å². The van der Waals surface area contributed by atoms with Gasteiger partial charge in [-0.25, -0.2) is 14.8 Å². The number of hydrogen-bond acceptors (Lipinski definition) is 7. The summed E-state index contributed by atoms with van der Waals surface area (Å²) in [5, 5.41) is 6.15. The van der Waals surface area contributed by atoms with E-state index in [1.807, 2.05) is 19.9 Å². The van der Waals surface area contributed by atoms with Crippen LogP contribution in [0.2, 0.25) is 0 Å². The second-order valence-electron chi connectivity index (χ2n) is 6.66. The Kier molecular flexibility index (Phi) is 6.58. The van der Waals surface area contributed by atoms with Gasteiger partial charge in [0.2, 0.25) is 0 Å². The Morgan fingerprint density at radius 1 is 1.10 bits per heavy atom. The smallest absolute Gasteiger partial charge is 0.322 e. The number of rotatable bonds is 6. The summed E-state index contributed by atoms with van der Waals surface area (Å²) in [6.45, 7) is 7.33. The van der Waals surface area contributed by atoms with Gasteiger partial charge in [0, 0.05) is 44.9 Å². The third-order valence-electron chi connectivity index (χ3n) is 4.72. The second-order valence-corrected chi connectivity index (χ2v) is 6.66. The van der Waals surface area contributed by atoms with Crippen LogP contribution >= 0.6 is 0 Å². The fraction of sp³-hybridized carbons (Fsp3) is 0.450. The number of carbonyl (C=O) groups is 1. The zero-order valence-electron chi connectivity index (χ0n) is 17.4. The minimum absolute atomic E-state index is 0.152. The lowest BCUT2D eigenvalue weighted by Gasteiger charge is -2.35. The molecule has 0 bridgehead atoms. The molecule has 156 valence electrons. The maximum absolute atomic E-state index is 12.7. The number of urea groups is 1. The summed E-state index contributed by atoms with van der Waals surface area (Å²) in [7, 11) is 3.15. The summed E-state index contributed by atoms with van der Waals surface area (Å²) in [5.74, 6) is 3.66. The molecule has 29 heavy (non-hydrogen) atoms. The predicted octanol–water partition coefficient (Wildman–Crippen LogP) is 2.59. The summed E-state index contributed by atoms with van der Waals surface area (Å²) in [5.41, 5.74) is 0.613. The standard InChI is InChI=1S/C20H28N6O3/c1-5-21-18-13-19(23-14(2)22-18)25-8-10-26(11-9-25)20(27)24-16-7-6-15(28-3)12-17(16)29-4/h6-7,12-13H,5,8-11H2,1-4H3,(H,24,27)(H,21,22,23). The van der Waals surface area contributed by atoms with E-state index in [0.717, 1.165) is 24.0 Å². The van der Waals surface area contributed by atoms with Crippen LogP contribution < -0.4 is 25.0 Å². The van der Waals surface area contributed by atoms with Crippen molar-refractivity contribution in [1.82, 2.24) is 14.9 Å². The van der Waals surface area contributed by atoms with E-state index in [9.17, 15) is 4.79 Å². The van der Waals surface area contributed by atoms with Crippen LogP contribution in [0.4, 0.5) is 22.1 Å². The lowest BCUT2D eigenvalue weighted by Crippen LogP contribution is -2.50. The van der Waals surface area contributed by atoms with E-state index in [4.69, 9.17) is 9.47 Å². The van der Waals surface area contributed by atoms with Crippen LogP contribution in [0, 0.1) is 6.92 Å². The van der Waals surface area contributed by atoms with E-state index in [2.05, 4.69) is 25.5 Å². The molecule has 2 amide bonds. The molecule has 0 spiro atoms. The van der Waals surface area contributed by atoms with Gasteiger partial charge in [0.1, 0.15) is 29.0 Å². The van der Waals surface area contributed by atoms with E-state index < -0.39 is 0 Å². The molecule has 9 nitrogen and oxygen atoms in total. The van der Waals surface area contributed by atoms with Gasteiger partial charge in [-0.1, -0.05) is 0 Å². The van der Waals surface area contributed by atoms with Gasteiger partial charge < -0.3 is 29.9 Å². The number of hydrogen-bond donors (Lipinski definition) is 2. The van der Waals surface area contributed by atoms with Gasteiger partial charge in [0.15, 0.2) is 0 Å². The maximum Gasteiger partial charge on any atom is 0.322 e. The molecule has 1 aromatic heterocycles. The zero-order valence-corrected chi connectivity index (χ0v) is 17.4. The molecule has 9 heteroatoms. The van der Waals surface area contributed by atoms with Crippen molar-refractivity contribution in [3.8, 4) is 11.5 Å². The van der Waals surface area contributed by atoms with Crippen LogP contribution in [0.3, 0.4) is 0 Å². The first kappa shape index (κ1) is 20.5. The minimum Gasteiger partial charge on any atom is -0.497 e. The number of carbonyl (C=O) groups excluding carboxylic acids is 1. The molecule has 1 aromatic carbocycles. The highest BCUT2D eigenvalue weighted by molar-refractivity contribution is 5.91. The van der Waals surface area contributed by atoms with E-state index in [1.165, 1.54) is 0 Å². The minimum atomic E-state index is -0.152. The molecular weight excluding hydrogens is 372 g/mol. The van der Waals surface area contributed by atoms with Crippen LogP contribution in [0.25, 0.3) is 0 Å². The van der Waals surface area contributed by atoms with Gasteiger partial charge in [-0.15, -0.1) is 0 Å². The number of aryl methyl sites for hydroxylation is 1. The van der Waals surface area contributed by atoms with Crippen LogP contribution in [-0.2, 0) is 0 Å². The first-order valence-corrected chi connectivity index (χ1v) is 9.66. The lowest BCUT2D eigenvalue weighted by molar-refractivity contribution is 0.208. The highest BCUT2D eigenvalue weighted by atomic mass is 16.5. The number of methoxy groups -OCH3 is 2. The Hall–Kier alpha value is -3.23. The molecule has 0 radical (unpaired) electrons. The number of nitrogens with one attached hydrogen (secondary N) is 2. The Morgan fingerprint density at radius 3 is 2.52 bits per heavy atom. The van der Waals surface area contributed by atoms with Crippen molar-refractivity contribution in [3.05, 3.63) is 30.1 Å². The molecule has 3 rings (SSSR count). The average molecular weight is 400 g/mol. The predicted molar refractivity (Wildman–Crippen MR) is 113 cm³/mol. The second kappa shape index (κ2) is 9.31. The molecule has 1 fully saturated rings. The van der Waals surface area contributed by atoms with Gasteiger partial charge in [-0.3, -0.25) is 0 Å². The molecule has 1 saturated heterocycles. The molecule has 1 aliphatic heterocycles. The van der Waals surface area contributed by atoms with Crippen molar-refractivity contribution < 1.29 is 14.3 Å². The molecular formula is C20H28N6O3. The Bertz CT molecular complexity index is 852. The van der Waals surface area contributed by atoms with Crippen LogP contribution in [-0.4, -0.2) is 67.8 Å². The van der Waals surface area contributed by atoms with E-state index in [-0.39, 0.29) is 6.03 Å². The monoisotopic (exact) mass is 400 g/mol. The topological polar surface area (TPSA) is 91.9 Å². The number of anilines is 3. The molecule has 2 N–H and O–H groups in total. The fourth-order valence-electron chi connectivity index (χ4n) is 3.22. The van der Waals surface area contributed by atoms with Crippen molar-refractivity contribution in [2.75, 3.05) is 62.5 Å². The SMILES string of the molecule is CCNc1cc(N2CCN(C(=O)Nc3ccc(OC)cc3OC)CC2)nc(C)n1. The van der Waals surface area contributed by atoms with Gasteiger partial charge in [0.25, 0.3) is 0 Å². The quantitative estimate of drug-likeness (QED) is 0.770. The van der Waals surface area contributed by atoms with Crippen molar-refractivity contribution >= 4 is 23.4 Å². The van der Waals surface area contributed by atoms with Gasteiger partial charge in [-0.2, -0.15) is 0 Å². The summed E-state index contributed by atoms with van der Waals surface area (Å²) < 4.78 is 10.5. The molecule has 2 heterocycles. The number of benzene rings is 1. The maximum atomic E-state index is 12.7. The Morgan fingerprint density at radius 2 is 1.86 bits per heavy atom. The first-order valence-electron chi connectivity index (χ1n) is 9.66.